The highest BCUT2D eigenvalue weighted by Gasteiger charge is 2.15. The van der Waals surface area contributed by atoms with Crippen molar-refractivity contribution in [1.82, 2.24) is 14.8 Å². The number of fused-ring (bicyclic) bond motifs is 1. The molecule has 1 aliphatic rings. The number of benzene rings is 1. The van der Waals surface area contributed by atoms with E-state index in [2.05, 4.69) is 10.2 Å². The molecule has 7 nitrogen and oxygen atoms in total. The molecule has 0 bridgehead atoms. The van der Waals surface area contributed by atoms with Gasteiger partial charge in [0.05, 0.1) is 11.4 Å². The fraction of sp³-hybridized carbons (Fsp3) is 0.250. The molecule has 0 amide bonds. The Kier molecular flexibility index (Phi) is 3.46. The van der Waals surface area contributed by atoms with Gasteiger partial charge in [-0.2, -0.15) is 0 Å². The first kappa shape index (κ1) is 12.8. The lowest BCUT2D eigenvalue weighted by Crippen LogP contribution is -2.15. The first-order chi connectivity index (χ1) is 9.74. The molecule has 0 spiro atoms. The molecule has 2 heterocycles. The predicted octanol–water partition coefficient (Wildman–Crippen LogP) is 1.22. The number of aromatic nitrogens is 3. The second-order valence-corrected chi connectivity index (χ2v) is 4.94. The van der Waals surface area contributed by atoms with Crippen LogP contribution < -0.4 is 9.47 Å². The number of carboxylic acids is 1. The summed E-state index contributed by atoms with van der Waals surface area (Å²) in [6.45, 7) is 1.05. The third-order valence-corrected chi connectivity index (χ3v) is 3.57. The number of nitrogens with zero attached hydrogens (tertiary/aromatic N) is 3. The minimum atomic E-state index is -0.897. The Bertz CT molecular complexity index is 643. The average molecular weight is 293 g/mol. The fourth-order valence-electron chi connectivity index (χ4n) is 1.81. The highest BCUT2D eigenvalue weighted by Crippen LogP contribution is 2.32. The maximum atomic E-state index is 10.6. The lowest BCUT2D eigenvalue weighted by Gasteiger charge is -2.19. The maximum absolute atomic E-state index is 10.6. The molecule has 104 valence electrons. The van der Waals surface area contributed by atoms with E-state index in [4.69, 9.17) is 14.6 Å². The van der Waals surface area contributed by atoms with Crippen LogP contribution in [-0.2, 0) is 4.79 Å². The number of thioether (sulfide) groups is 1. The number of ether oxygens (including phenoxy) is 2. The molecular formula is C12H11N3O4S. The normalized spacial score (nSPS) is 13.2. The van der Waals surface area contributed by atoms with Crippen molar-refractivity contribution in [1.29, 1.82) is 0 Å². The molecule has 0 unspecified atom stereocenters. The summed E-state index contributed by atoms with van der Waals surface area (Å²) in [5.41, 5.74) is 0.798. The first-order valence-electron chi connectivity index (χ1n) is 5.88. The van der Waals surface area contributed by atoms with Crippen LogP contribution in [0.5, 0.6) is 11.5 Å². The fourth-order valence-corrected chi connectivity index (χ4v) is 2.46. The van der Waals surface area contributed by atoms with Crippen molar-refractivity contribution in [3.63, 3.8) is 0 Å². The second-order valence-electron chi connectivity index (χ2n) is 3.99. The monoisotopic (exact) mass is 293 g/mol. The van der Waals surface area contributed by atoms with Crippen LogP contribution in [0.3, 0.4) is 0 Å². The van der Waals surface area contributed by atoms with Gasteiger partial charge in [0.15, 0.2) is 16.7 Å². The van der Waals surface area contributed by atoms with Gasteiger partial charge in [-0.3, -0.25) is 9.36 Å². The number of carbonyl (C=O) groups is 1. The summed E-state index contributed by atoms with van der Waals surface area (Å²) in [6, 6.07) is 5.49. The Morgan fingerprint density at radius 1 is 1.35 bits per heavy atom. The molecular weight excluding hydrogens is 282 g/mol. The second kappa shape index (κ2) is 5.41. The largest absolute Gasteiger partial charge is 0.486 e. The average Bonchev–Trinajstić information content (AvgIpc) is 2.93. The van der Waals surface area contributed by atoms with Crippen LogP contribution in [0.4, 0.5) is 0 Å². The summed E-state index contributed by atoms with van der Waals surface area (Å²) in [5, 5.41) is 17.0. The van der Waals surface area contributed by atoms with Crippen LogP contribution in [0.15, 0.2) is 29.7 Å². The summed E-state index contributed by atoms with van der Waals surface area (Å²) < 4.78 is 12.7. The van der Waals surface area contributed by atoms with Crippen molar-refractivity contribution in [2.24, 2.45) is 0 Å². The molecule has 0 saturated heterocycles. The van der Waals surface area contributed by atoms with Crippen molar-refractivity contribution in [2.75, 3.05) is 19.0 Å². The van der Waals surface area contributed by atoms with Crippen LogP contribution in [0.1, 0.15) is 0 Å². The van der Waals surface area contributed by atoms with Gasteiger partial charge in [0.1, 0.15) is 19.5 Å². The van der Waals surface area contributed by atoms with Crippen LogP contribution in [0, 0.1) is 0 Å². The molecule has 1 aliphatic heterocycles. The Hall–Kier alpha value is -2.22. The zero-order valence-electron chi connectivity index (χ0n) is 10.4. The molecule has 8 heteroatoms. The maximum Gasteiger partial charge on any atom is 0.313 e. The molecule has 3 rings (SSSR count). The molecule has 20 heavy (non-hydrogen) atoms. The number of rotatable bonds is 4. The molecule has 0 radical (unpaired) electrons. The molecule has 1 N–H and O–H groups in total. The Labute approximate surface area is 118 Å². The third kappa shape index (κ3) is 2.55. The Morgan fingerprint density at radius 3 is 2.95 bits per heavy atom. The predicted molar refractivity (Wildman–Crippen MR) is 70.7 cm³/mol. The molecule has 0 aliphatic carbocycles. The molecule has 0 atom stereocenters. The summed E-state index contributed by atoms with van der Waals surface area (Å²) in [5.74, 6) is 0.402. The van der Waals surface area contributed by atoms with Crippen LogP contribution in [0.2, 0.25) is 0 Å². The summed E-state index contributed by atoms with van der Waals surface area (Å²) in [7, 11) is 0. The van der Waals surface area contributed by atoms with Gasteiger partial charge in [-0.25, -0.2) is 0 Å². The van der Waals surface area contributed by atoms with E-state index in [-0.39, 0.29) is 5.75 Å². The van der Waals surface area contributed by atoms with Crippen LogP contribution in [0.25, 0.3) is 5.69 Å². The van der Waals surface area contributed by atoms with E-state index in [1.54, 1.807) is 4.57 Å². The van der Waals surface area contributed by atoms with E-state index in [0.717, 1.165) is 17.4 Å². The zero-order valence-corrected chi connectivity index (χ0v) is 11.2. The summed E-state index contributed by atoms with van der Waals surface area (Å²) in [6.07, 6.45) is 1.54. The van der Waals surface area contributed by atoms with E-state index >= 15 is 0 Å². The van der Waals surface area contributed by atoms with E-state index in [1.807, 2.05) is 18.2 Å². The minimum absolute atomic E-state index is 0.0662. The smallest absolute Gasteiger partial charge is 0.313 e. The van der Waals surface area contributed by atoms with Crippen molar-refractivity contribution < 1.29 is 19.4 Å². The molecule has 0 saturated carbocycles. The van der Waals surface area contributed by atoms with Gasteiger partial charge in [0.2, 0.25) is 0 Å². The molecule has 1 aromatic heterocycles. The topological polar surface area (TPSA) is 86.5 Å². The van der Waals surface area contributed by atoms with Crippen molar-refractivity contribution >= 4 is 17.7 Å². The summed E-state index contributed by atoms with van der Waals surface area (Å²) >= 11 is 1.11. The number of aliphatic carboxylic acids is 1. The lowest BCUT2D eigenvalue weighted by atomic mass is 10.2. The van der Waals surface area contributed by atoms with Gasteiger partial charge in [-0.1, -0.05) is 11.8 Å². The number of hydrogen-bond acceptors (Lipinski definition) is 6. The van der Waals surface area contributed by atoms with Gasteiger partial charge >= 0.3 is 5.97 Å². The van der Waals surface area contributed by atoms with Crippen molar-refractivity contribution in [3.8, 4) is 17.2 Å². The standard InChI is InChI=1S/C12H11N3O4S/c16-11(17)6-20-12-14-13-7-15(12)8-1-2-9-10(5-8)19-4-3-18-9/h1-2,5,7H,3-4,6H2,(H,16,17). The molecule has 1 aromatic carbocycles. The van der Waals surface area contributed by atoms with Gasteiger partial charge in [-0.15, -0.1) is 10.2 Å². The van der Waals surface area contributed by atoms with E-state index in [9.17, 15) is 4.79 Å². The minimum Gasteiger partial charge on any atom is -0.486 e. The highest BCUT2D eigenvalue weighted by molar-refractivity contribution is 7.99. The van der Waals surface area contributed by atoms with Crippen LogP contribution >= 0.6 is 11.8 Å². The quantitative estimate of drug-likeness (QED) is 0.848. The lowest BCUT2D eigenvalue weighted by molar-refractivity contribution is -0.133. The molecule has 0 fully saturated rings. The number of carboxylic acid groups (broad SMARTS) is 1. The van der Waals surface area contributed by atoms with Crippen LogP contribution in [-0.4, -0.2) is 44.8 Å². The molecule has 2 aromatic rings. The van der Waals surface area contributed by atoms with Gasteiger partial charge in [-0.05, 0) is 12.1 Å². The van der Waals surface area contributed by atoms with Gasteiger partial charge in [0.25, 0.3) is 0 Å². The zero-order chi connectivity index (χ0) is 13.9. The Balaban J connectivity index is 1.89. The van der Waals surface area contributed by atoms with Crippen molar-refractivity contribution in [2.45, 2.75) is 5.16 Å². The number of hydrogen-bond donors (Lipinski definition) is 1. The highest BCUT2D eigenvalue weighted by atomic mass is 32.2. The van der Waals surface area contributed by atoms with Gasteiger partial charge in [0, 0.05) is 6.07 Å². The SMILES string of the molecule is O=C(O)CSc1nncn1-c1ccc2c(c1)OCCO2. The van der Waals surface area contributed by atoms with Crippen molar-refractivity contribution in [3.05, 3.63) is 24.5 Å². The first-order valence-corrected chi connectivity index (χ1v) is 6.87. The van der Waals surface area contributed by atoms with E-state index in [1.165, 1.54) is 6.33 Å². The van der Waals surface area contributed by atoms with E-state index in [0.29, 0.717) is 29.9 Å². The summed E-state index contributed by atoms with van der Waals surface area (Å²) in [4.78, 5) is 10.6. The third-order valence-electron chi connectivity index (χ3n) is 2.65. The van der Waals surface area contributed by atoms with E-state index < -0.39 is 5.97 Å². The Morgan fingerprint density at radius 2 is 2.15 bits per heavy atom. The van der Waals surface area contributed by atoms with Gasteiger partial charge < -0.3 is 14.6 Å².